The van der Waals surface area contributed by atoms with Crippen LogP contribution in [-0.4, -0.2) is 41.5 Å². The van der Waals surface area contributed by atoms with E-state index in [1.807, 2.05) is 85.7 Å². The quantitative estimate of drug-likeness (QED) is 0.213. The summed E-state index contributed by atoms with van der Waals surface area (Å²) in [6.07, 6.45) is 2.94. The van der Waals surface area contributed by atoms with Gasteiger partial charge in [0.25, 0.3) is 7.37 Å². The van der Waals surface area contributed by atoms with Gasteiger partial charge >= 0.3 is 0 Å². The standard InChI is InChI=1S/C34H47N2O5P/c1-23(2)29-19-14-24(3)20-30(29)41-42(37,28-17-15-27(16-18-28)36(4)5)34(35-26-12-10-9-11-13-26)25-21-31(38-6)33(40-8)32(22-25)39-7/h9-13,15-18,21-24,29-30,34-35H,14,19-20H2,1-8H3/t24-,29-,30+,34+,42+/m0/s1. The van der Waals surface area contributed by atoms with E-state index < -0.39 is 13.2 Å². The van der Waals surface area contributed by atoms with Gasteiger partial charge in [0.15, 0.2) is 11.5 Å². The zero-order valence-electron chi connectivity index (χ0n) is 26.3. The van der Waals surface area contributed by atoms with E-state index in [1.165, 1.54) is 0 Å². The molecule has 0 aromatic heterocycles. The Morgan fingerprint density at radius 2 is 1.50 bits per heavy atom. The molecule has 7 nitrogen and oxygen atoms in total. The molecule has 42 heavy (non-hydrogen) atoms. The normalized spacial score (nSPS) is 20.8. The van der Waals surface area contributed by atoms with Crippen LogP contribution in [0.5, 0.6) is 17.2 Å². The lowest BCUT2D eigenvalue weighted by Gasteiger charge is -2.41. The van der Waals surface area contributed by atoms with Gasteiger partial charge in [-0.3, -0.25) is 4.57 Å². The fourth-order valence-corrected chi connectivity index (χ4v) is 8.59. The van der Waals surface area contributed by atoms with Gasteiger partial charge in [-0.15, -0.1) is 0 Å². The Morgan fingerprint density at radius 1 is 0.881 bits per heavy atom. The molecule has 1 aliphatic carbocycles. The van der Waals surface area contributed by atoms with Crippen LogP contribution in [0.15, 0.2) is 66.7 Å². The molecule has 0 spiro atoms. The van der Waals surface area contributed by atoms with Crippen LogP contribution in [0.25, 0.3) is 0 Å². The Balaban J connectivity index is 1.95. The van der Waals surface area contributed by atoms with Crippen LogP contribution in [0.2, 0.25) is 0 Å². The van der Waals surface area contributed by atoms with E-state index in [1.54, 1.807) is 21.3 Å². The highest BCUT2D eigenvalue weighted by Gasteiger charge is 2.44. The molecule has 3 aromatic carbocycles. The van der Waals surface area contributed by atoms with Crippen molar-refractivity contribution in [1.29, 1.82) is 0 Å². The smallest absolute Gasteiger partial charge is 0.258 e. The summed E-state index contributed by atoms with van der Waals surface area (Å²) in [5.41, 5.74) is 2.58. The maximum Gasteiger partial charge on any atom is 0.258 e. The highest BCUT2D eigenvalue weighted by Crippen LogP contribution is 2.62. The van der Waals surface area contributed by atoms with Crippen molar-refractivity contribution in [3.8, 4) is 17.2 Å². The number of rotatable bonds is 12. The number of hydrogen-bond acceptors (Lipinski definition) is 7. The first kappa shape index (κ1) is 31.8. The summed E-state index contributed by atoms with van der Waals surface area (Å²) in [4.78, 5) is 2.03. The Bertz CT molecular complexity index is 1320. The maximum absolute atomic E-state index is 15.9. The third-order valence-corrected chi connectivity index (χ3v) is 11.1. The van der Waals surface area contributed by atoms with Crippen LogP contribution in [0.1, 0.15) is 51.4 Å². The molecule has 8 heteroatoms. The molecule has 0 unspecified atom stereocenters. The first-order chi connectivity index (χ1) is 20.1. The van der Waals surface area contributed by atoms with Crippen LogP contribution in [-0.2, 0) is 9.09 Å². The first-order valence-corrected chi connectivity index (χ1v) is 16.5. The van der Waals surface area contributed by atoms with Crippen molar-refractivity contribution in [2.75, 3.05) is 45.6 Å². The third-order valence-electron chi connectivity index (χ3n) is 8.40. The molecule has 0 amide bonds. The first-order valence-electron chi connectivity index (χ1n) is 14.8. The summed E-state index contributed by atoms with van der Waals surface area (Å²) in [7, 11) is 5.10. The minimum absolute atomic E-state index is 0.143. The van der Waals surface area contributed by atoms with E-state index in [9.17, 15) is 0 Å². The van der Waals surface area contributed by atoms with Gasteiger partial charge < -0.3 is 29.0 Å². The van der Waals surface area contributed by atoms with Gasteiger partial charge in [-0.2, -0.15) is 0 Å². The molecule has 0 radical (unpaired) electrons. The largest absolute Gasteiger partial charge is 0.493 e. The highest BCUT2D eigenvalue weighted by molar-refractivity contribution is 7.67. The number of ether oxygens (including phenoxy) is 3. The average molecular weight is 595 g/mol. The van der Waals surface area contributed by atoms with E-state index in [0.717, 1.165) is 36.2 Å². The summed E-state index contributed by atoms with van der Waals surface area (Å²) >= 11 is 0. The summed E-state index contributed by atoms with van der Waals surface area (Å²) in [5, 5.41) is 4.27. The number of hydrogen-bond donors (Lipinski definition) is 1. The van der Waals surface area contributed by atoms with Crippen LogP contribution >= 0.6 is 7.37 Å². The molecule has 3 aromatic rings. The number of nitrogens with one attached hydrogen (secondary N) is 1. The second kappa shape index (κ2) is 13.9. The molecule has 0 bridgehead atoms. The molecule has 0 saturated heterocycles. The van der Waals surface area contributed by atoms with Crippen LogP contribution in [0.3, 0.4) is 0 Å². The predicted molar refractivity (Wildman–Crippen MR) is 173 cm³/mol. The van der Waals surface area contributed by atoms with Gasteiger partial charge in [-0.05, 0) is 84.7 Å². The Hall–Kier alpha value is -3.15. The zero-order valence-corrected chi connectivity index (χ0v) is 27.2. The van der Waals surface area contributed by atoms with E-state index in [2.05, 4.69) is 26.1 Å². The Labute approximate surface area is 252 Å². The molecule has 0 aliphatic heterocycles. The van der Waals surface area contributed by atoms with Crippen molar-refractivity contribution in [3.05, 3.63) is 72.3 Å². The van der Waals surface area contributed by atoms with Crippen LogP contribution in [0, 0.1) is 17.8 Å². The fraction of sp³-hybridized carbons (Fsp3) is 0.471. The van der Waals surface area contributed by atoms with Crippen molar-refractivity contribution in [2.45, 2.75) is 51.9 Å². The molecule has 1 fully saturated rings. The molecule has 5 atom stereocenters. The minimum Gasteiger partial charge on any atom is -0.493 e. The summed E-state index contributed by atoms with van der Waals surface area (Å²) in [6, 6.07) is 21.5. The van der Waals surface area contributed by atoms with Crippen molar-refractivity contribution in [3.63, 3.8) is 0 Å². The zero-order chi connectivity index (χ0) is 30.4. The second-order valence-corrected chi connectivity index (χ2v) is 14.3. The average Bonchev–Trinajstić information content (AvgIpc) is 2.99. The van der Waals surface area contributed by atoms with Crippen molar-refractivity contribution in [1.82, 2.24) is 0 Å². The minimum atomic E-state index is -3.66. The molecule has 0 heterocycles. The van der Waals surface area contributed by atoms with Gasteiger partial charge in [0.2, 0.25) is 5.75 Å². The lowest BCUT2D eigenvalue weighted by atomic mass is 9.75. The van der Waals surface area contributed by atoms with Gasteiger partial charge in [-0.25, -0.2) is 0 Å². The molecule has 228 valence electrons. The predicted octanol–water partition coefficient (Wildman–Crippen LogP) is 7.97. The van der Waals surface area contributed by atoms with Gasteiger partial charge in [-0.1, -0.05) is 45.4 Å². The van der Waals surface area contributed by atoms with Gasteiger partial charge in [0.05, 0.1) is 27.4 Å². The van der Waals surface area contributed by atoms with E-state index in [0.29, 0.717) is 40.3 Å². The molecular formula is C34H47N2O5P. The fourth-order valence-electron chi connectivity index (χ4n) is 5.98. The monoisotopic (exact) mass is 594 g/mol. The topological polar surface area (TPSA) is 69.3 Å². The van der Waals surface area contributed by atoms with Gasteiger partial charge in [0.1, 0.15) is 5.78 Å². The van der Waals surface area contributed by atoms with Crippen LogP contribution < -0.4 is 29.7 Å². The summed E-state index contributed by atoms with van der Waals surface area (Å²) in [5.74, 6) is 1.95. The third kappa shape index (κ3) is 6.90. The number of benzene rings is 3. The molecular weight excluding hydrogens is 547 g/mol. The number of methoxy groups -OCH3 is 3. The summed E-state index contributed by atoms with van der Waals surface area (Å²) < 4.78 is 40.0. The van der Waals surface area contributed by atoms with E-state index in [-0.39, 0.29) is 6.10 Å². The number of nitrogens with zero attached hydrogens (tertiary/aromatic N) is 1. The van der Waals surface area contributed by atoms with E-state index in [4.69, 9.17) is 18.7 Å². The molecule has 1 N–H and O–H groups in total. The number of anilines is 2. The molecule has 4 rings (SSSR count). The molecule has 1 saturated carbocycles. The Morgan fingerprint density at radius 3 is 2.02 bits per heavy atom. The Kier molecular flexibility index (Phi) is 10.5. The SMILES string of the molecule is COc1cc([C@H](Nc2ccccc2)[P@](=O)(O[C@@H]2C[C@@H](C)CC[C@H]2C(C)C)c2ccc(N(C)C)cc2)cc(OC)c1OC. The van der Waals surface area contributed by atoms with Crippen molar-refractivity contribution in [2.24, 2.45) is 17.8 Å². The van der Waals surface area contributed by atoms with Crippen LogP contribution in [0.4, 0.5) is 11.4 Å². The second-order valence-electron chi connectivity index (χ2n) is 11.8. The van der Waals surface area contributed by atoms with Gasteiger partial charge in [0, 0.05) is 30.8 Å². The lowest BCUT2D eigenvalue weighted by molar-refractivity contribution is 0.0488. The van der Waals surface area contributed by atoms with Crippen molar-refractivity contribution < 1.29 is 23.3 Å². The highest BCUT2D eigenvalue weighted by atomic mass is 31.2. The summed E-state index contributed by atoms with van der Waals surface area (Å²) in [6.45, 7) is 6.75. The number of para-hydroxylation sites is 1. The van der Waals surface area contributed by atoms with E-state index >= 15 is 4.57 Å². The lowest BCUT2D eigenvalue weighted by Crippen LogP contribution is -2.35. The maximum atomic E-state index is 15.9. The van der Waals surface area contributed by atoms with Crippen molar-refractivity contribution >= 4 is 24.0 Å². The molecule has 1 aliphatic rings.